The number of carbonyl (C=O) groups is 1. The van der Waals surface area contributed by atoms with Crippen LogP contribution in [0.25, 0.3) is 0 Å². The molecule has 122 valence electrons. The number of hydrogen-bond donors (Lipinski definition) is 0. The largest absolute Gasteiger partial charge is 0.411 e. The van der Waals surface area contributed by atoms with Gasteiger partial charge >= 0.3 is 0 Å². The summed E-state index contributed by atoms with van der Waals surface area (Å²) in [5.41, 5.74) is 1.46. The van der Waals surface area contributed by atoms with E-state index in [1.807, 2.05) is 0 Å². The van der Waals surface area contributed by atoms with Crippen molar-refractivity contribution in [3.05, 3.63) is 11.6 Å². The molecule has 0 spiro atoms. The van der Waals surface area contributed by atoms with E-state index >= 15 is 0 Å². The number of Topliss-reactive ketones (excluding diaryl/α,β-unsaturated/α-hetero) is 1. The smallest absolute Gasteiger partial charge is 0.184 e. The summed E-state index contributed by atoms with van der Waals surface area (Å²) < 4.78 is 6.44. The van der Waals surface area contributed by atoms with E-state index in [2.05, 4.69) is 32.6 Å². The first-order valence-electron chi connectivity index (χ1n) is 8.70. The van der Waals surface area contributed by atoms with Gasteiger partial charge in [0.05, 0.1) is 6.10 Å². The molecule has 2 atom stereocenters. The highest BCUT2D eigenvalue weighted by Crippen LogP contribution is 2.30. The van der Waals surface area contributed by atoms with Gasteiger partial charge in [0.1, 0.15) is 5.78 Å². The highest BCUT2D eigenvalue weighted by molar-refractivity contribution is 6.69. The zero-order valence-corrected chi connectivity index (χ0v) is 15.7. The molecule has 0 heterocycles. The maximum Gasteiger partial charge on any atom is 0.184 e. The third-order valence-electron chi connectivity index (χ3n) is 4.25. The van der Waals surface area contributed by atoms with E-state index < -0.39 is 8.32 Å². The number of rotatable bonds is 9. The van der Waals surface area contributed by atoms with Crippen molar-refractivity contribution in [2.24, 2.45) is 5.92 Å². The van der Waals surface area contributed by atoms with Crippen LogP contribution < -0.4 is 0 Å². The SMILES string of the molecule is CCCCCC[C@@H](O[Si](C)(C)C)C1=CC[C@@H](C(C)=O)CC1. The van der Waals surface area contributed by atoms with Crippen LogP contribution >= 0.6 is 0 Å². The first-order chi connectivity index (χ1) is 9.83. The minimum absolute atomic E-state index is 0.251. The van der Waals surface area contributed by atoms with Gasteiger partial charge in [-0.2, -0.15) is 0 Å². The molecule has 1 rings (SSSR count). The summed E-state index contributed by atoms with van der Waals surface area (Å²) in [7, 11) is -1.52. The average molecular weight is 311 g/mol. The van der Waals surface area contributed by atoms with Gasteiger partial charge in [-0.3, -0.25) is 4.79 Å². The molecular weight excluding hydrogens is 276 g/mol. The van der Waals surface area contributed by atoms with Gasteiger partial charge < -0.3 is 4.43 Å². The minimum atomic E-state index is -1.52. The Bertz CT molecular complexity index is 355. The normalized spacial score (nSPS) is 21.0. The third kappa shape index (κ3) is 7.41. The average Bonchev–Trinajstić information content (AvgIpc) is 2.41. The molecule has 3 heteroatoms. The monoisotopic (exact) mass is 310 g/mol. The summed E-state index contributed by atoms with van der Waals surface area (Å²) in [4.78, 5) is 11.5. The molecule has 2 nitrogen and oxygen atoms in total. The van der Waals surface area contributed by atoms with Gasteiger partial charge in [0, 0.05) is 5.92 Å². The maximum atomic E-state index is 11.5. The van der Waals surface area contributed by atoms with Crippen molar-refractivity contribution in [1.29, 1.82) is 0 Å². The number of ketones is 1. The summed E-state index contributed by atoms with van der Waals surface area (Å²) in [6, 6.07) is 0. The van der Waals surface area contributed by atoms with Gasteiger partial charge in [-0.25, -0.2) is 0 Å². The second-order valence-corrected chi connectivity index (χ2v) is 11.9. The van der Waals surface area contributed by atoms with Crippen molar-refractivity contribution < 1.29 is 9.22 Å². The van der Waals surface area contributed by atoms with E-state index in [0.717, 1.165) is 25.7 Å². The Morgan fingerprint density at radius 3 is 2.52 bits per heavy atom. The molecule has 0 unspecified atom stereocenters. The van der Waals surface area contributed by atoms with Crippen LogP contribution in [0, 0.1) is 5.92 Å². The van der Waals surface area contributed by atoms with Crippen molar-refractivity contribution in [3.8, 4) is 0 Å². The molecule has 0 aromatic rings. The molecule has 1 aliphatic rings. The summed E-state index contributed by atoms with van der Waals surface area (Å²) >= 11 is 0. The Balaban J connectivity index is 2.61. The molecule has 0 amide bonds. The lowest BCUT2D eigenvalue weighted by Crippen LogP contribution is -2.34. The van der Waals surface area contributed by atoms with Gasteiger partial charge in [-0.15, -0.1) is 0 Å². The fraction of sp³-hybridized carbons (Fsp3) is 0.833. The summed E-state index contributed by atoms with van der Waals surface area (Å²) in [6.07, 6.45) is 11.9. The van der Waals surface area contributed by atoms with E-state index in [-0.39, 0.29) is 5.92 Å². The van der Waals surface area contributed by atoms with Crippen molar-refractivity contribution >= 4 is 14.1 Å². The lowest BCUT2D eigenvalue weighted by Gasteiger charge is -2.31. The predicted octanol–water partition coefficient (Wildman–Crippen LogP) is 5.49. The molecule has 0 N–H and O–H groups in total. The van der Waals surface area contributed by atoms with Crippen molar-refractivity contribution in [3.63, 3.8) is 0 Å². The van der Waals surface area contributed by atoms with Crippen molar-refractivity contribution in [2.45, 2.75) is 91.0 Å². The number of hydrogen-bond acceptors (Lipinski definition) is 2. The third-order valence-corrected chi connectivity index (χ3v) is 5.24. The van der Waals surface area contributed by atoms with Crippen LogP contribution in [0.15, 0.2) is 11.6 Å². The summed E-state index contributed by atoms with van der Waals surface area (Å²) in [6.45, 7) is 10.8. The Labute approximate surface area is 132 Å². The van der Waals surface area contributed by atoms with Crippen LogP contribution in [0.3, 0.4) is 0 Å². The zero-order chi connectivity index (χ0) is 15.9. The van der Waals surface area contributed by atoms with Crippen LogP contribution in [-0.2, 0) is 9.22 Å². The number of carbonyl (C=O) groups excluding carboxylic acids is 1. The molecule has 21 heavy (non-hydrogen) atoms. The summed E-state index contributed by atoms with van der Waals surface area (Å²) in [5, 5.41) is 0. The van der Waals surface area contributed by atoms with Crippen LogP contribution in [-0.4, -0.2) is 20.2 Å². The van der Waals surface area contributed by atoms with E-state index in [1.165, 1.54) is 31.3 Å². The minimum Gasteiger partial charge on any atom is -0.411 e. The van der Waals surface area contributed by atoms with Gasteiger partial charge in [-0.05, 0) is 57.8 Å². The van der Waals surface area contributed by atoms with E-state index in [0.29, 0.717) is 11.9 Å². The topological polar surface area (TPSA) is 26.3 Å². The zero-order valence-electron chi connectivity index (χ0n) is 14.7. The Morgan fingerprint density at radius 1 is 1.33 bits per heavy atom. The molecular formula is C18H34O2Si. The maximum absolute atomic E-state index is 11.5. The highest BCUT2D eigenvalue weighted by Gasteiger charge is 2.27. The Kier molecular flexibility index (Phi) is 7.89. The second-order valence-electron chi connectivity index (χ2n) is 7.43. The van der Waals surface area contributed by atoms with Crippen molar-refractivity contribution in [2.75, 3.05) is 0 Å². The Morgan fingerprint density at radius 2 is 2.05 bits per heavy atom. The van der Waals surface area contributed by atoms with Crippen LogP contribution in [0.4, 0.5) is 0 Å². The Hall–Kier alpha value is -0.413. The molecule has 0 saturated carbocycles. The van der Waals surface area contributed by atoms with E-state index in [1.54, 1.807) is 6.92 Å². The first-order valence-corrected chi connectivity index (χ1v) is 12.1. The fourth-order valence-corrected chi connectivity index (χ4v) is 4.14. The first kappa shape index (κ1) is 18.6. The molecule has 0 fully saturated rings. The molecule has 1 aliphatic carbocycles. The van der Waals surface area contributed by atoms with Crippen LogP contribution in [0.2, 0.25) is 19.6 Å². The quantitative estimate of drug-likeness (QED) is 0.320. The molecule has 0 saturated heterocycles. The summed E-state index contributed by atoms with van der Waals surface area (Å²) in [5.74, 6) is 0.595. The van der Waals surface area contributed by atoms with Crippen molar-refractivity contribution in [1.82, 2.24) is 0 Å². The molecule has 0 radical (unpaired) electrons. The lowest BCUT2D eigenvalue weighted by atomic mass is 9.84. The predicted molar refractivity (Wildman–Crippen MR) is 93.1 cm³/mol. The fourth-order valence-electron chi connectivity index (χ4n) is 3.02. The molecule has 0 aromatic carbocycles. The van der Waals surface area contributed by atoms with E-state index in [4.69, 9.17) is 4.43 Å². The van der Waals surface area contributed by atoms with Gasteiger partial charge in [0.2, 0.25) is 0 Å². The van der Waals surface area contributed by atoms with Gasteiger partial charge in [0.15, 0.2) is 8.32 Å². The van der Waals surface area contributed by atoms with Gasteiger partial charge in [-0.1, -0.05) is 38.7 Å². The highest BCUT2D eigenvalue weighted by atomic mass is 28.4. The molecule has 0 aliphatic heterocycles. The second kappa shape index (κ2) is 8.89. The standard InChI is InChI=1S/C18H34O2Si/c1-6-7-8-9-10-18(20-21(3,4)5)17-13-11-16(12-14-17)15(2)19/h13,16,18H,6-12,14H2,1-5H3/t16-,18-/m1/s1. The molecule has 0 aromatic heterocycles. The van der Waals surface area contributed by atoms with Crippen LogP contribution in [0.5, 0.6) is 0 Å². The molecule has 0 bridgehead atoms. The number of unbranched alkanes of at least 4 members (excludes halogenated alkanes) is 3. The van der Waals surface area contributed by atoms with Crippen LogP contribution in [0.1, 0.15) is 65.2 Å². The van der Waals surface area contributed by atoms with Gasteiger partial charge in [0.25, 0.3) is 0 Å². The lowest BCUT2D eigenvalue weighted by molar-refractivity contribution is -0.120. The number of allylic oxidation sites excluding steroid dienone is 1. The van der Waals surface area contributed by atoms with E-state index in [9.17, 15) is 4.79 Å².